The quantitative estimate of drug-likeness (QED) is 0.839. The number of anilines is 2. The number of piperidine rings is 1. The van der Waals surface area contributed by atoms with E-state index in [0.29, 0.717) is 5.56 Å². The number of pyridine rings is 1. The molecule has 0 N–H and O–H groups in total. The van der Waals surface area contributed by atoms with E-state index in [0.717, 1.165) is 50.5 Å². The maximum absolute atomic E-state index is 8.96. The molecular weight excluding hydrogens is 312 g/mol. The molecule has 4 rings (SSSR count). The molecule has 0 bridgehead atoms. The predicted octanol–water partition coefficient (Wildman–Crippen LogP) is 2.29. The van der Waals surface area contributed by atoms with Gasteiger partial charge in [-0.2, -0.15) is 5.26 Å². The van der Waals surface area contributed by atoms with Gasteiger partial charge < -0.3 is 9.80 Å². The highest BCUT2D eigenvalue weighted by Gasteiger charge is 2.44. The monoisotopic (exact) mass is 334 g/mol. The number of rotatable bonds is 2. The van der Waals surface area contributed by atoms with E-state index >= 15 is 0 Å². The van der Waals surface area contributed by atoms with Crippen LogP contribution in [0.15, 0.2) is 24.5 Å². The van der Waals surface area contributed by atoms with Crippen LogP contribution in [0.1, 0.15) is 36.1 Å². The molecule has 1 aliphatic carbocycles. The van der Waals surface area contributed by atoms with Gasteiger partial charge in [-0.3, -0.25) is 0 Å². The number of aromatic nitrogens is 3. The number of fused-ring (bicyclic) bond motifs is 2. The van der Waals surface area contributed by atoms with Gasteiger partial charge >= 0.3 is 0 Å². The Morgan fingerprint density at radius 1 is 1.20 bits per heavy atom. The lowest BCUT2D eigenvalue weighted by Gasteiger charge is -2.41. The van der Waals surface area contributed by atoms with E-state index in [1.54, 1.807) is 6.20 Å². The third kappa shape index (κ3) is 2.70. The molecule has 128 valence electrons. The highest BCUT2D eigenvalue weighted by atomic mass is 15.2. The molecule has 6 nitrogen and oxygen atoms in total. The van der Waals surface area contributed by atoms with Gasteiger partial charge in [-0.05, 0) is 43.4 Å². The summed E-state index contributed by atoms with van der Waals surface area (Å²) in [6.45, 7) is 1.93. The summed E-state index contributed by atoms with van der Waals surface area (Å²) in [7, 11) is 3.97. The van der Waals surface area contributed by atoms with Gasteiger partial charge in [0.1, 0.15) is 11.9 Å². The van der Waals surface area contributed by atoms with Crippen LogP contribution in [0.5, 0.6) is 0 Å². The van der Waals surface area contributed by atoms with Crippen molar-refractivity contribution in [3.63, 3.8) is 0 Å². The Kier molecular flexibility index (Phi) is 3.79. The summed E-state index contributed by atoms with van der Waals surface area (Å²) in [6, 6.07) is 5.94. The van der Waals surface area contributed by atoms with Crippen LogP contribution >= 0.6 is 0 Å². The lowest BCUT2D eigenvalue weighted by molar-refractivity contribution is 0.333. The summed E-state index contributed by atoms with van der Waals surface area (Å²) < 4.78 is 0. The molecule has 3 heterocycles. The van der Waals surface area contributed by atoms with Crippen molar-refractivity contribution >= 4 is 11.8 Å². The third-order valence-electron chi connectivity index (χ3n) is 5.40. The second-order valence-electron chi connectivity index (χ2n) is 7.26. The van der Waals surface area contributed by atoms with E-state index in [1.807, 2.05) is 37.3 Å². The average Bonchev–Trinajstić information content (AvgIpc) is 2.99. The number of hydrogen-bond acceptors (Lipinski definition) is 6. The fourth-order valence-electron chi connectivity index (χ4n) is 4.11. The van der Waals surface area contributed by atoms with E-state index in [2.05, 4.69) is 20.9 Å². The van der Waals surface area contributed by atoms with Crippen LogP contribution in [0.25, 0.3) is 0 Å². The normalized spacial score (nSPS) is 21.9. The van der Waals surface area contributed by atoms with Crippen molar-refractivity contribution in [1.82, 2.24) is 15.0 Å². The average molecular weight is 334 g/mol. The molecule has 2 aromatic heterocycles. The number of hydrogen-bond donors (Lipinski definition) is 0. The zero-order chi connectivity index (χ0) is 17.4. The standard InChI is InChI=1S/C19H22N6/c1-24(2)18-22-12-15-6-8-19(17(15)23-18)7-3-9-25(13-19)16-5-4-14(10-20)11-21-16/h4-5,11-12H,3,6-9,13H2,1-2H3. The minimum atomic E-state index is 0.0941. The molecule has 0 radical (unpaired) electrons. The zero-order valence-corrected chi connectivity index (χ0v) is 14.7. The van der Waals surface area contributed by atoms with Crippen LogP contribution in [0.2, 0.25) is 0 Å². The molecule has 25 heavy (non-hydrogen) atoms. The number of aryl methyl sites for hydroxylation is 1. The van der Waals surface area contributed by atoms with Gasteiger partial charge in [-0.1, -0.05) is 0 Å². The van der Waals surface area contributed by atoms with E-state index in [9.17, 15) is 0 Å². The van der Waals surface area contributed by atoms with Crippen LogP contribution in [-0.4, -0.2) is 42.1 Å². The first kappa shape index (κ1) is 15.8. The smallest absolute Gasteiger partial charge is 0.225 e. The van der Waals surface area contributed by atoms with Crippen LogP contribution in [0, 0.1) is 11.3 Å². The second kappa shape index (κ2) is 5.99. The van der Waals surface area contributed by atoms with Gasteiger partial charge in [0.25, 0.3) is 0 Å². The fraction of sp³-hybridized carbons (Fsp3) is 0.474. The Morgan fingerprint density at radius 2 is 2.08 bits per heavy atom. The van der Waals surface area contributed by atoms with Crippen molar-refractivity contribution in [3.8, 4) is 6.07 Å². The Bertz CT molecular complexity index is 819. The Labute approximate surface area is 148 Å². The Morgan fingerprint density at radius 3 is 2.80 bits per heavy atom. The van der Waals surface area contributed by atoms with E-state index in [1.165, 1.54) is 11.3 Å². The van der Waals surface area contributed by atoms with Crippen molar-refractivity contribution in [1.29, 1.82) is 5.26 Å². The van der Waals surface area contributed by atoms with Crippen LogP contribution in [0.4, 0.5) is 11.8 Å². The molecule has 0 amide bonds. The molecule has 2 aromatic rings. The Balaban J connectivity index is 1.66. The lowest BCUT2D eigenvalue weighted by Crippen LogP contribution is -2.46. The zero-order valence-electron chi connectivity index (χ0n) is 14.7. The molecule has 6 heteroatoms. The second-order valence-corrected chi connectivity index (χ2v) is 7.26. The maximum Gasteiger partial charge on any atom is 0.225 e. The third-order valence-corrected chi connectivity index (χ3v) is 5.40. The van der Waals surface area contributed by atoms with Crippen molar-refractivity contribution in [2.45, 2.75) is 31.1 Å². The van der Waals surface area contributed by atoms with Crippen molar-refractivity contribution in [2.75, 3.05) is 37.0 Å². The predicted molar refractivity (Wildman–Crippen MR) is 96.8 cm³/mol. The molecule has 1 aliphatic heterocycles. The van der Waals surface area contributed by atoms with Crippen molar-refractivity contribution < 1.29 is 0 Å². The van der Waals surface area contributed by atoms with E-state index < -0.39 is 0 Å². The molecule has 1 unspecified atom stereocenters. The summed E-state index contributed by atoms with van der Waals surface area (Å²) in [5, 5.41) is 8.96. The van der Waals surface area contributed by atoms with Gasteiger partial charge in [0, 0.05) is 45.0 Å². The summed E-state index contributed by atoms with van der Waals surface area (Å²) in [5.41, 5.74) is 3.21. The van der Waals surface area contributed by atoms with Crippen molar-refractivity contribution in [2.24, 2.45) is 0 Å². The SMILES string of the molecule is CN(C)c1ncc2c(n1)C1(CCCN(c3ccc(C#N)cn3)C1)CC2. The number of nitriles is 1. The van der Waals surface area contributed by atoms with Crippen LogP contribution < -0.4 is 9.80 Å². The summed E-state index contributed by atoms with van der Waals surface area (Å²) >= 11 is 0. The molecule has 1 fully saturated rings. The lowest BCUT2D eigenvalue weighted by atomic mass is 9.77. The molecule has 0 saturated carbocycles. The molecule has 2 aliphatic rings. The number of nitrogens with zero attached hydrogens (tertiary/aromatic N) is 6. The van der Waals surface area contributed by atoms with Crippen LogP contribution in [-0.2, 0) is 11.8 Å². The van der Waals surface area contributed by atoms with Gasteiger partial charge in [0.05, 0.1) is 11.3 Å². The highest BCUT2D eigenvalue weighted by Crippen LogP contribution is 2.44. The molecule has 0 aromatic carbocycles. The molecular formula is C19H22N6. The minimum Gasteiger partial charge on any atom is -0.356 e. The van der Waals surface area contributed by atoms with E-state index in [4.69, 9.17) is 10.2 Å². The first-order valence-corrected chi connectivity index (χ1v) is 8.76. The largest absolute Gasteiger partial charge is 0.356 e. The molecule has 1 saturated heterocycles. The summed E-state index contributed by atoms with van der Waals surface area (Å²) in [4.78, 5) is 18.2. The first-order chi connectivity index (χ1) is 12.1. The van der Waals surface area contributed by atoms with Crippen molar-refractivity contribution in [3.05, 3.63) is 41.3 Å². The summed E-state index contributed by atoms with van der Waals surface area (Å²) in [5.74, 6) is 1.74. The van der Waals surface area contributed by atoms with Gasteiger partial charge in [-0.25, -0.2) is 15.0 Å². The molecule has 1 atom stereocenters. The van der Waals surface area contributed by atoms with Gasteiger partial charge in [-0.15, -0.1) is 0 Å². The molecule has 1 spiro atoms. The van der Waals surface area contributed by atoms with Crippen LogP contribution in [0.3, 0.4) is 0 Å². The first-order valence-electron chi connectivity index (χ1n) is 8.76. The van der Waals surface area contributed by atoms with Gasteiger partial charge in [0.15, 0.2) is 0 Å². The fourth-order valence-corrected chi connectivity index (χ4v) is 4.11. The van der Waals surface area contributed by atoms with Gasteiger partial charge in [0.2, 0.25) is 5.95 Å². The highest BCUT2D eigenvalue weighted by molar-refractivity contribution is 5.46. The maximum atomic E-state index is 8.96. The Hall–Kier alpha value is -2.68. The summed E-state index contributed by atoms with van der Waals surface area (Å²) in [6.07, 6.45) is 8.13. The topological polar surface area (TPSA) is 68.9 Å². The minimum absolute atomic E-state index is 0.0941. The van der Waals surface area contributed by atoms with E-state index in [-0.39, 0.29) is 5.41 Å².